The number of hydrazine groups is 1. The molecule has 90 valence electrons. The lowest BCUT2D eigenvalue weighted by Crippen LogP contribution is -2.42. The SMILES string of the molecule is CC(C)CN=C(NN)N(C)Cc1ccco1. The first-order chi connectivity index (χ1) is 7.63. The molecule has 0 spiro atoms. The molecule has 0 saturated heterocycles. The summed E-state index contributed by atoms with van der Waals surface area (Å²) in [7, 11) is 1.92. The van der Waals surface area contributed by atoms with E-state index in [0.717, 1.165) is 12.3 Å². The Morgan fingerprint density at radius 2 is 2.38 bits per heavy atom. The van der Waals surface area contributed by atoms with Gasteiger partial charge in [0.2, 0.25) is 5.96 Å². The van der Waals surface area contributed by atoms with Crippen molar-refractivity contribution < 1.29 is 4.42 Å². The average Bonchev–Trinajstić information content (AvgIpc) is 2.71. The molecule has 0 radical (unpaired) electrons. The Labute approximate surface area is 96.3 Å². The Kier molecular flexibility index (Phi) is 4.85. The third-order valence-corrected chi connectivity index (χ3v) is 2.07. The van der Waals surface area contributed by atoms with E-state index in [1.54, 1.807) is 6.26 Å². The van der Waals surface area contributed by atoms with Crippen molar-refractivity contribution in [2.24, 2.45) is 16.8 Å². The van der Waals surface area contributed by atoms with E-state index in [1.165, 1.54) is 0 Å². The van der Waals surface area contributed by atoms with Crippen LogP contribution in [0.4, 0.5) is 0 Å². The molecular formula is C11H20N4O. The minimum Gasteiger partial charge on any atom is -0.467 e. The highest BCUT2D eigenvalue weighted by molar-refractivity contribution is 5.79. The van der Waals surface area contributed by atoms with Gasteiger partial charge >= 0.3 is 0 Å². The number of guanidine groups is 1. The summed E-state index contributed by atoms with van der Waals surface area (Å²) < 4.78 is 5.26. The van der Waals surface area contributed by atoms with Crippen LogP contribution in [-0.4, -0.2) is 24.5 Å². The highest BCUT2D eigenvalue weighted by Gasteiger charge is 2.07. The summed E-state index contributed by atoms with van der Waals surface area (Å²) in [5.41, 5.74) is 2.60. The summed E-state index contributed by atoms with van der Waals surface area (Å²) in [6, 6.07) is 3.79. The molecule has 0 fully saturated rings. The van der Waals surface area contributed by atoms with Crippen molar-refractivity contribution >= 4 is 5.96 Å². The fourth-order valence-electron chi connectivity index (χ4n) is 1.26. The van der Waals surface area contributed by atoms with Crippen LogP contribution in [0.2, 0.25) is 0 Å². The number of rotatable bonds is 4. The summed E-state index contributed by atoms with van der Waals surface area (Å²) in [6.07, 6.45) is 1.66. The van der Waals surface area contributed by atoms with Gasteiger partial charge < -0.3 is 9.32 Å². The number of furan rings is 1. The summed E-state index contributed by atoms with van der Waals surface area (Å²) >= 11 is 0. The second-order valence-electron chi connectivity index (χ2n) is 4.14. The Bertz CT molecular complexity index is 319. The molecule has 5 heteroatoms. The van der Waals surface area contributed by atoms with E-state index in [4.69, 9.17) is 10.3 Å². The van der Waals surface area contributed by atoms with E-state index in [1.807, 2.05) is 24.1 Å². The van der Waals surface area contributed by atoms with E-state index in [-0.39, 0.29) is 0 Å². The molecule has 0 aliphatic rings. The maximum absolute atomic E-state index is 5.44. The van der Waals surface area contributed by atoms with Crippen LogP contribution in [0.5, 0.6) is 0 Å². The molecule has 0 aromatic carbocycles. The second-order valence-corrected chi connectivity index (χ2v) is 4.14. The van der Waals surface area contributed by atoms with Crippen molar-refractivity contribution in [3.05, 3.63) is 24.2 Å². The van der Waals surface area contributed by atoms with Gasteiger partial charge in [0.25, 0.3) is 0 Å². The van der Waals surface area contributed by atoms with Gasteiger partial charge in [0.05, 0.1) is 12.8 Å². The van der Waals surface area contributed by atoms with Gasteiger partial charge in [-0.15, -0.1) is 0 Å². The first-order valence-electron chi connectivity index (χ1n) is 5.38. The van der Waals surface area contributed by atoms with Gasteiger partial charge in [0.15, 0.2) is 0 Å². The normalized spacial score (nSPS) is 11.9. The van der Waals surface area contributed by atoms with Gasteiger partial charge in [0.1, 0.15) is 5.76 Å². The largest absolute Gasteiger partial charge is 0.467 e. The van der Waals surface area contributed by atoms with Crippen LogP contribution >= 0.6 is 0 Å². The molecule has 0 aliphatic carbocycles. The van der Waals surface area contributed by atoms with Crippen molar-refractivity contribution in [1.82, 2.24) is 10.3 Å². The lowest BCUT2D eigenvalue weighted by atomic mass is 10.2. The monoisotopic (exact) mass is 224 g/mol. The van der Waals surface area contributed by atoms with Crippen LogP contribution in [0.1, 0.15) is 19.6 Å². The van der Waals surface area contributed by atoms with E-state index < -0.39 is 0 Å². The molecule has 1 aromatic rings. The Morgan fingerprint density at radius 1 is 1.62 bits per heavy atom. The number of aliphatic imine (C=N–C) groups is 1. The lowest BCUT2D eigenvalue weighted by Gasteiger charge is -2.19. The van der Waals surface area contributed by atoms with Gasteiger partial charge in [-0.25, -0.2) is 5.84 Å². The van der Waals surface area contributed by atoms with Gasteiger partial charge in [0, 0.05) is 13.6 Å². The summed E-state index contributed by atoms with van der Waals surface area (Å²) in [6.45, 7) is 5.63. The third kappa shape index (κ3) is 3.94. The maximum Gasteiger partial charge on any atom is 0.208 e. The second kappa shape index (κ2) is 6.17. The first-order valence-corrected chi connectivity index (χ1v) is 5.38. The number of nitrogens with two attached hydrogens (primary N) is 1. The minimum atomic E-state index is 0.514. The van der Waals surface area contributed by atoms with Crippen LogP contribution in [0.3, 0.4) is 0 Å². The summed E-state index contributed by atoms with van der Waals surface area (Å²) in [4.78, 5) is 6.30. The topological polar surface area (TPSA) is 66.8 Å². The molecular weight excluding hydrogens is 204 g/mol. The number of hydrogen-bond acceptors (Lipinski definition) is 3. The predicted molar refractivity (Wildman–Crippen MR) is 64.6 cm³/mol. The van der Waals surface area contributed by atoms with Crippen molar-refractivity contribution in [1.29, 1.82) is 0 Å². The molecule has 0 amide bonds. The Balaban J connectivity index is 2.55. The molecule has 1 rings (SSSR count). The molecule has 0 unspecified atom stereocenters. The summed E-state index contributed by atoms with van der Waals surface area (Å²) in [5.74, 6) is 7.51. The summed E-state index contributed by atoms with van der Waals surface area (Å²) in [5, 5.41) is 0. The van der Waals surface area contributed by atoms with Crippen molar-refractivity contribution in [2.45, 2.75) is 20.4 Å². The zero-order chi connectivity index (χ0) is 12.0. The zero-order valence-electron chi connectivity index (χ0n) is 10.1. The quantitative estimate of drug-likeness (QED) is 0.349. The molecule has 0 atom stereocenters. The average molecular weight is 224 g/mol. The van der Waals surface area contributed by atoms with Gasteiger partial charge in [-0.3, -0.25) is 10.4 Å². The Morgan fingerprint density at radius 3 is 2.88 bits per heavy atom. The van der Waals surface area contributed by atoms with E-state index in [0.29, 0.717) is 18.4 Å². The molecule has 0 saturated carbocycles. The fraction of sp³-hybridized carbons (Fsp3) is 0.545. The van der Waals surface area contributed by atoms with E-state index in [9.17, 15) is 0 Å². The van der Waals surface area contributed by atoms with Crippen LogP contribution in [0.15, 0.2) is 27.8 Å². The maximum atomic E-state index is 5.44. The van der Waals surface area contributed by atoms with Crippen LogP contribution in [-0.2, 0) is 6.54 Å². The van der Waals surface area contributed by atoms with Crippen molar-refractivity contribution in [2.75, 3.05) is 13.6 Å². The van der Waals surface area contributed by atoms with E-state index in [2.05, 4.69) is 24.3 Å². The molecule has 0 aliphatic heterocycles. The highest BCUT2D eigenvalue weighted by Crippen LogP contribution is 2.04. The van der Waals surface area contributed by atoms with Crippen molar-refractivity contribution in [3.63, 3.8) is 0 Å². The molecule has 1 heterocycles. The Hall–Kier alpha value is -1.49. The van der Waals surface area contributed by atoms with Crippen molar-refractivity contribution in [3.8, 4) is 0 Å². The smallest absolute Gasteiger partial charge is 0.208 e. The van der Waals surface area contributed by atoms with Gasteiger partial charge in [-0.05, 0) is 18.1 Å². The molecule has 16 heavy (non-hydrogen) atoms. The minimum absolute atomic E-state index is 0.514. The van der Waals surface area contributed by atoms with Crippen LogP contribution in [0, 0.1) is 5.92 Å². The fourth-order valence-corrected chi connectivity index (χ4v) is 1.26. The number of hydrogen-bond donors (Lipinski definition) is 2. The van der Waals surface area contributed by atoms with E-state index >= 15 is 0 Å². The number of nitrogens with zero attached hydrogens (tertiary/aromatic N) is 2. The van der Waals surface area contributed by atoms with Crippen LogP contribution < -0.4 is 11.3 Å². The number of nitrogens with one attached hydrogen (secondary N) is 1. The molecule has 0 bridgehead atoms. The van der Waals surface area contributed by atoms with Gasteiger partial charge in [-0.1, -0.05) is 13.8 Å². The lowest BCUT2D eigenvalue weighted by molar-refractivity contribution is 0.399. The highest BCUT2D eigenvalue weighted by atomic mass is 16.3. The molecule has 5 nitrogen and oxygen atoms in total. The molecule has 1 aromatic heterocycles. The van der Waals surface area contributed by atoms with Gasteiger partial charge in [-0.2, -0.15) is 0 Å². The zero-order valence-corrected chi connectivity index (χ0v) is 10.1. The standard InChI is InChI=1S/C11H20N4O/c1-9(2)7-13-11(14-12)15(3)8-10-5-4-6-16-10/h4-6,9H,7-8,12H2,1-3H3,(H,13,14). The third-order valence-electron chi connectivity index (χ3n) is 2.07. The first kappa shape index (κ1) is 12.6. The molecule has 3 N–H and O–H groups in total. The predicted octanol–water partition coefficient (Wildman–Crippen LogP) is 1.19. The van der Waals surface area contributed by atoms with Crippen LogP contribution in [0.25, 0.3) is 0 Å².